The molecule has 6 heteroatoms. The third-order valence-electron chi connectivity index (χ3n) is 3.71. The molecule has 0 aromatic heterocycles. The minimum Gasteiger partial charge on any atom is -0.504 e. The van der Waals surface area contributed by atoms with E-state index in [1.54, 1.807) is 30.3 Å². The average Bonchev–Trinajstić information content (AvgIpc) is 2.61. The number of aliphatic hydroxyl groups excluding tert-OH is 1. The van der Waals surface area contributed by atoms with Crippen LogP contribution in [-0.2, 0) is 4.79 Å². The van der Waals surface area contributed by atoms with Crippen LogP contribution in [0, 0.1) is 0 Å². The molecule has 0 aliphatic carbocycles. The number of hydrogen-bond acceptors (Lipinski definition) is 6. The van der Waals surface area contributed by atoms with Gasteiger partial charge in [0.1, 0.15) is 6.29 Å². The lowest BCUT2D eigenvalue weighted by Crippen LogP contribution is -2.36. The molecule has 0 radical (unpaired) electrons. The van der Waals surface area contributed by atoms with Gasteiger partial charge in [-0.1, -0.05) is 18.2 Å². The van der Waals surface area contributed by atoms with Gasteiger partial charge in [-0.15, -0.1) is 0 Å². The number of aliphatic hydroxyl groups is 1. The molecule has 24 heavy (non-hydrogen) atoms. The second-order valence-corrected chi connectivity index (χ2v) is 5.33. The molecule has 1 heterocycles. The Bertz CT molecular complexity index is 783. The highest BCUT2D eigenvalue weighted by molar-refractivity contribution is 5.74. The number of aromatic hydroxyl groups is 2. The number of phenolic OH excluding ortho intramolecular Hbond substituents is 2. The maximum atomic E-state index is 10.4. The molecule has 0 fully saturated rings. The topological polar surface area (TPSA) is 96.2 Å². The molecule has 3 rings (SSSR count). The van der Waals surface area contributed by atoms with Crippen molar-refractivity contribution in [3.63, 3.8) is 0 Å². The van der Waals surface area contributed by atoms with E-state index in [9.17, 15) is 20.1 Å². The number of allylic oxidation sites excluding steroid dienone is 1. The van der Waals surface area contributed by atoms with Gasteiger partial charge < -0.3 is 24.8 Å². The molecule has 2 aromatic rings. The third-order valence-corrected chi connectivity index (χ3v) is 3.71. The summed E-state index contributed by atoms with van der Waals surface area (Å²) in [6, 6.07) is 9.49. The van der Waals surface area contributed by atoms with E-state index in [0.29, 0.717) is 23.3 Å². The van der Waals surface area contributed by atoms with Gasteiger partial charge in [0, 0.05) is 5.56 Å². The molecule has 0 amide bonds. The first-order chi connectivity index (χ1) is 11.6. The molecule has 6 nitrogen and oxygen atoms in total. The summed E-state index contributed by atoms with van der Waals surface area (Å²) >= 11 is 0. The smallest absolute Gasteiger partial charge is 0.163 e. The van der Waals surface area contributed by atoms with E-state index in [-0.39, 0.29) is 18.1 Å². The van der Waals surface area contributed by atoms with Crippen LogP contribution in [0.4, 0.5) is 0 Å². The molecule has 0 saturated heterocycles. The van der Waals surface area contributed by atoms with Crippen LogP contribution in [0.15, 0.2) is 42.5 Å². The second kappa shape index (κ2) is 6.64. The van der Waals surface area contributed by atoms with Crippen molar-refractivity contribution in [1.29, 1.82) is 0 Å². The molecule has 2 aromatic carbocycles. The van der Waals surface area contributed by atoms with Crippen LogP contribution in [0.25, 0.3) is 6.08 Å². The van der Waals surface area contributed by atoms with Crippen molar-refractivity contribution in [2.75, 3.05) is 6.61 Å². The number of carbonyl (C=O) groups is 1. The molecule has 0 saturated carbocycles. The first-order valence-electron chi connectivity index (χ1n) is 7.34. The lowest BCUT2D eigenvalue weighted by atomic mass is 10.0. The summed E-state index contributed by atoms with van der Waals surface area (Å²) in [5, 5.41) is 28.7. The fraction of sp³-hybridized carbons (Fsp3) is 0.167. The summed E-state index contributed by atoms with van der Waals surface area (Å²) in [5.41, 5.74) is 1.32. The number of fused-ring (bicyclic) bond motifs is 1. The quantitative estimate of drug-likeness (QED) is 0.452. The molecular weight excluding hydrogens is 312 g/mol. The summed E-state index contributed by atoms with van der Waals surface area (Å²) in [4.78, 5) is 10.4. The van der Waals surface area contributed by atoms with Crippen molar-refractivity contribution in [1.82, 2.24) is 0 Å². The van der Waals surface area contributed by atoms with Crippen LogP contribution >= 0.6 is 0 Å². The fourth-order valence-corrected chi connectivity index (χ4v) is 2.54. The SMILES string of the molecule is O=C/C=C/c1ccc2c(c1)OC(c1ccc(O)c(O)c1)[C@@H](CO)O2. The minimum atomic E-state index is -0.655. The zero-order valence-corrected chi connectivity index (χ0v) is 12.6. The summed E-state index contributed by atoms with van der Waals surface area (Å²) in [6.07, 6.45) is 2.38. The Morgan fingerprint density at radius 3 is 2.54 bits per heavy atom. The van der Waals surface area contributed by atoms with Gasteiger partial charge in [0.2, 0.25) is 0 Å². The Morgan fingerprint density at radius 1 is 1.00 bits per heavy atom. The number of ether oxygens (including phenoxy) is 2. The second-order valence-electron chi connectivity index (χ2n) is 5.33. The van der Waals surface area contributed by atoms with Crippen LogP contribution in [0.3, 0.4) is 0 Å². The van der Waals surface area contributed by atoms with Crippen molar-refractivity contribution in [2.24, 2.45) is 0 Å². The maximum Gasteiger partial charge on any atom is 0.163 e. The van der Waals surface area contributed by atoms with E-state index in [4.69, 9.17) is 9.47 Å². The Hall–Kier alpha value is -2.99. The Kier molecular flexibility index (Phi) is 4.39. The summed E-state index contributed by atoms with van der Waals surface area (Å²) in [7, 11) is 0. The normalized spacial score (nSPS) is 19.4. The van der Waals surface area contributed by atoms with Crippen LogP contribution < -0.4 is 9.47 Å². The van der Waals surface area contributed by atoms with Gasteiger partial charge in [0.25, 0.3) is 0 Å². The molecule has 0 bridgehead atoms. The average molecular weight is 328 g/mol. The highest BCUT2D eigenvalue weighted by atomic mass is 16.6. The van der Waals surface area contributed by atoms with E-state index in [2.05, 4.69) is 0 Å². The Labute approximate surface area is 138 Å². The Morgan fingerprint density at radius 2 is 1.83 bits per heavy atom. The molecule has 0 spiro atoms. The van der Waals surface area contributed by atoms with Crippen molar-refractivity contribution in [3.8, 4) is 23.0 Å². The van der Waals surface area contributed by atoms with Crippen molar-refractivity contribution in [2.45, 2.75) is 12.2 Å². The van der Waals surface area contributed by atoms with Gasteiger partial charge in [-0.3, -0.25) is 4.79 Å². The zero-order valence-electron chi connectivity index (χ0n) is 12.6. The van der Waals surface area contributed by atoms with E-state index in [0.717, 1.165) is 5.56 Å². The lowest BCUT2D eigenvalue weighted by Gasteiger charge is -2.33. The van der Waals surface area contributed by atoms with Gasteiger partial charge in [-0.05, 0) is 35.9 Å². The number of rotatable bonds is 4. The van der Waals surface area contributed by atoms with Gasteiger partial charge in [-0.2, -0.15) is 0 Å². The molecule has 124 valence electrons. The first-order valence-corrected chi connectivity index (χ1v) is 7.34. The predicted octanol–water partition coefficient (Wildman–Crippen LogP) is 2.18. The molecular formula is C18H16O6. The van der Waals surface area contributed by atoms with Gasteiger partial charge in [-0.25, -0.2) is 0 Å². The van der Waals surface area contributed by atoms with Crippen molar-refractivity contribution >= 4 is 12.4 Å². The standard InChI is InChI=1S/C18H16O6/c19-7-1-2-11-3-6-15-16(8-11)24-18(17(10-20)23-15)12-4-5-13(21)14(22)9-12/h1-9,17-18,20-22H,10H2/b2-1+/t17-,18?/m1/s1. The highest BCUT2D eigenvalue weighted by Crippen LogP contribution is 2.41. The van der Waals surface area contributed by atoms with Gasteiger partial charge in [0.15, 0.2) is 35.2 Å². The first kappa shape index (κ1) is 15.9. The number of hydrogen-bond donors (Lipinski definition) is 3. The number of aldehydes is 1. The van der Waals surface area contributed by atoms with E-state index >= 15 is 0 Å². The fourth-order valence-electron chi connectivity index (χ4n) is 2.54. The van der Waals surface area contributed by atoms with Crippen molar-refractivity contribution < 1.29 is 29.6 Å². The summed E-state index contributed by atoms with van der Waals surface area (Å²) in [6.45, 7) is -0.279. The van der Waals surface area contributed by atoms with Gasteiger partial charge in [0.05, 0.1) is 6.61 Å². The molecule has 1 aliphatic heterocycles. The number of phenols is 2. The van der Waals surface area contributed by atoms with Crippen LogP contribution in [-0.4, -0.2) is 34.3 Å². The van der Waals surface area contributed by atoms with E-state index in [1.807, 2.05) is 0 Å². The summed E-state index contributed by atoms with van der Waals surface area (Å²) < 4.78 is 11.7. The van der Waals surface area contributed by atoms with Crippen LogP contribution in [0.2, 0.25) is 0 Å². The lowest BCUT2D eigenvalue weighted by molar-refractivity contribution is -0.104. The van der Waals surface area contributed by atoms with Crippen molar-refractivity contribution in [3.05, 3.63) is 53.6 Å². The van der Waals surface area contributed by atoms with Crippen LogP contribution in [0.1, 0.15) is 17.2 Å². The predicted molar refractivity (Wildman–Crippen MR) is 86.2 cm³/mol. The summed E-state index contributed by atoms with van der Waals surface area (Å²) in [5.74, 6) is 0.431. The molecule has 1 aliphatic rings. The van der Waals surface area contributed by atoms with Crippen LogP contribution in [0.5, 0.6) is 23.0 Å². The molecule has 3 N–H and O–H groups in total. The molecule has 1 unspecified atom stereocenters. The Balaban J connectivity index is 1.95. The number of benzene rings is 2. The minimum absolute atomic E-state index is 0.238. The monoisotopic (exact) mass is 328 g/mol. The maximum absolute atomic E-state index is 10.4. The zero-order chi connectivity index (χ0) is 17.1. The van der Waals surface area contributed by atoms with Gasteiger partial charge >= 0.3 is 0 Å². The third kappa shape index (κ3) is 3.04. The number of carbonyl (C=O) groups excluding carboxylic acids is 1. The largest absolute Gasteiger partial charge is 0.504 e. The highest BCUT2D eigenvalue weighted by Gasteiger charge is 2.33. The van der Waals surface area contributed by atoms with E-state index < -0.39 is 12.2 Å². The van der Waals surface area contributed by atoms with E-state index in [1.165, 1.54) is 18.2 Å². The molecule has 2 atom stereocenters.